The maximum absolute atomic E-state index is 13.3. The topological polar surface area (TPSA) is 35.2 Å². The van der Waals surface area contributed by atoms with E-state index in [9.17, 15) is 22.0 Å². The fraction of sp³-hybridized carbons (Fsp3) is 0.200. The van der Waals surface area contributed by atoms with Crippen LogP contribution in [0.25, 0.3) is 0 Å². The van der Waals surface area contributed by atoms with Crippen LogP contribution >= 0.6 is 12.4 Å². The molecule has 8 heteroatoms. The molecule has 2 nitrogen and oxygen atoms in total. The van der Waals surface area contributed by atoms with Gasteiger partial charge in [-0.1, -0.05) is 30.3 Å². The van der Waals surface area contributed by atoms with Crippen LogP contribution in [-0.4, -0.2) is 12.1 Å². The standard InChI is InChI=1S/C15H12F5NO.ClH/c16-14(17,15(18,19)20)13(21)10-5-4-8-12(9-10)22-11-6-2-1-3-7-11;/h1-9,13H,21H2;1H/t13-;/m1./s1. The van der Waals surface area contributed by atoms with E-state index in [1.165, 1.54) is 12.1 Å². The number of ether oxygens (including phenoxy) is 1. The summed E-state index contributed by atoms with van der Waals surface area (Å²) in [6.07, 6.45) is -5.72. The van der Waals surface area contributed by atoms with Gasteiger partial charge in [-0.15, -0.1) is 12.4 Å². The van der Waals surface area contributed by atoms with Crippen LogP contribution in [0.15, 0.2) is 54.6 Å². The first-order chi connectivity index (χ1) is 10.2. The minimum atomic E-state index is -5.72. The van der Waals surface area contributed by atoms with Crippen molar-refractivity contribution in [2.24, 2.45) is 5.73 Å². The third kappa shape index (κ3) is 4.33. The molecule has 0 heterocycles. The number of nitrogens with two attached hydrogens (primary N) is 1. The molecule has 126 valence electrons. The first kappa shape index (κ1) is 19.2. The van der Waals surface area contributed by atoms with Gasteiger partial charge in [0.15, 0.2) is 0 Å². The van der Waals surface area contributed by atoms with Gasteiger partial charge in [0.05, 0.1) is 0 Å². The Bertz CT molecular complexity index is 633. The second-order valence-electron chi connectivity index (χ2n) is 4.59. The lowest BCUT2D eigenvalue weighted by atomic mass is 10.0. The zero-order valence-corrected chi connectivity index (χ0v) is 12.4. The van der Waals surface area contributed by atoms with E-state index in [2.05, 4.69) is 0 Å². The van der Waals surface area contributed by atoms with E-state index in [0.29, 0.717) is 5.75 Å². The van der Waals surface area contributed by atoms with Gasteiger partial charge >= 0.3 is 12.1 Å². The Morgan fingerprint density at radius 3 is 1.96 bits per heavy atom. The third-order valence-corrected chi connectivity index (χ3v) is 2.96. The molecule has 0 spiro atoms. The first-order valence-electron chi connectivity index (χ1n) is 6.25. The van der Waals surface area contributed by atoms with Crippen molar-refractivity contribution < 1.29 is 26.7 Å². The largest absolute Gasteiger partial charge is 0.457 e. The summed E-state index contributed by atoms with van der Waals surface area (Å²) in [5, 5.41) is 0. The molecule has 2 N–H and O–H groups in total. The summed E-state index contributed by atoms with van der Waals surface area (Å²) in [7, 11) is 0. The lowest BCUT2D eigenvalue weighted by molar-refractivity contribution is -0.291. The highest BCUT2D eigenvalue weighted by Crippen LogP contribution is 2.43. The van der Waals surface area contributed by atoms with E-state index >= 15 is 0 Å². The van der Waals surface area contributed by atoms with Crippen LogP contribution in [0.2, 0.25) is 0 Å². The molecule has 2 rings (SSSR count). The highest BCUT2D eigenvalue weighted by molar-refractivity contribution is 5.85. The van der Waals surface area contributed by atoms with Crippen molar-refractivity contribution in [3.05, 3.63) is 60.2 Å². The van der Waals surface area contributed by atoms with Crippen LogP contribution in [0, 0.1) is 0 Å². The van der Waals surface area contributed by atoms with Gasteiger partial charge in [0.2, 0.25) is 0 Å². The zero-order valence-electron chi connectivity index (χ0n) is 11.6. The molecule has 1 atom stereocenters. The molecule has 23 heavy (non-hydrogen) atoms. The third-order valence-electron chi connectivity index (χ3n) is 2.96. The van der Waals surface area contributed by atoms with Gasteiger partial charge in [-0.05, 0) is 29.8 Å². The smallest absolute Gasteiger partial charge is 0.455 e. The highest BCUT2D eigenvalue weighted by Gasteiger charge is 2.61. The average Bonchev–Trinajstić information content (AvgIpc) is 2.46. The highest BCUT2D eigenvalue weighted by atomic mass is 35.5. The number of benzene rings is 2. The van der Waals surface area contributed by atoms with Gasteiger partial charge in [0, 0.05) is 0 Å². The van der Waals surface area contributed by atoms with Crippen molar-refractivity contribution in [3.8, 4) is 11.5 Å². The second-order valence-corrected chi connectivity index (χ2v) is 4.59. The monoisotopic (exact) mass is 353 g/mol. The Morgan fingerprint density at radius 1 is 0.826 bits per heavy atom. The molecule has 0 aliphatic rings. The molecule has 2 aromatic rings. The maximum Gasteiger partial charge on any atom is 0.455 e. The summed E-state index contributed by atoms with van der Waals surface area (Å²) in [6, 6.07) is 10.8. The molecule has 0 radical (unpaired) electrons. The molecule has 0 bridgehead atoms. The number of rotatable bonds is 4. The van der Waals surface area contributed by atoms with Crippen molar-refractivity contribution >= 4 is 12.4 Å². The summed E-state index contributed by atoms with van der Waals surface area (Å²) < 4.78 is 69.0. The summed E-state index contributed by atoms with van der Waals surface area (Å²) in [5.74, 6) is -4.48. The Labute approximate surface area is 135 Å². The number of alkyl halides is 5. The predicted molar refractivity (Wildman–Crippen MR) is 78.1 cm³/mol. The van der Waals surface area contributed by atoms with Crippen LogP contribution in [-0.2, 0) is 0 Å². The second kappa shape index (κ2) is 7.14. The summed E-state index contributed by atoms with van der Waals surface area (Å²) in [5.41, 5.74) is 4.73. The number of halogens is 6. The molecular weight excluding hydrogens is 341 g/mol. The van der Waals surface area contributed by atoms with Crippen molar-refractivity contribution in [1.82, 2.24) is 0 Å². The quantitative estimate of drug-likeness (QED) is 0.776. The molecule has 0 fully saturated rings. The molecule has 0 aliphatic carbocycles. The van der Waals surface area contributed by atoms with Crippen LogP contribution < -0.4 is 10.5 Å². The van der Waals surface area contributed by atoms with Gasteiger partial charge in [-0.25, -0.2) is 0 Å². The molecule has 0 saturated heterocycles. The molecule has 0 aromatic heterocycles. The van der Waals surface area contributed by atoms with Gasteiger partial charge in [0.1, 0.15) is 17.5 Å². The fourth-order valence-electron chi connectivity index (χ4n) is 1.78. The molecule has 0 saturated carbocycles. The normalized spacial score (nSPS) is 13.1. The van der Waals surface area contributed by atoms with Gasteiger partial charge in [-0.3, -0.25) is 0 Å². The number of hydrogen-bond acceptors (Lipinski definition) is 2. The molecule has 0 unspecified atom stereocenters. The average molecular weight is 354 g/mol. The van der Waals surface area contributed by atoms with E-state index < -0.39 is 18.1 Å². The Morgan fingerprint density at radius 2 is 1.39 bits per heavy atom. The minimum Gasteiger partial charge on any atom is -0.457 e. The Balaban J connectivity index is 0.00000264. The minimum absolute atomic E-state index is 0. The zero-order chi connectivity index (χ0) is 16.4. The molecule has 0 aliphatic heterocycles. The van der Waals surface area contributed by atoms with Gasteiger partial charge < -0.3 is 10.5 Å². The van der Waals surface area contributed by atoms with Crippen LogP contribution in [0.3, 0.4) is 0 Å². The number of hydrogen-bond donors (Lipinski definition) is 1. The summed E-state index contributed by atoms with van der Waals surface area (Å²) in [4.78, 5) is 0. The lowest BCUT2D eigenvalue weighted by Crippen LogP contribution is -2.45. The van der Waals surface area contributed by atoms with Crippen LogP contribution in [0.4, 0.5) is 22.0 Å². The molecule has 0 amide bonds. The van der Waals surface area contributed by atoms with E-state index in [4.69, 9.17) is 10.5 Å². The van der Waals surface area contributed by atoms with E-state index in [1.807, 2.05) is 0 Å². The van der Waals surface area contributed by atoms with Gasteiger partial charge in [0.25, 0.3) is 0 Å². The van der Waals surface area contributed by atoms with Crippen LogP contribution in [0.1, 0.15) is 11.6 Å². The first-order valence-corrected chi connectivity index (χ1v) is 6.25. The predicted octanol–water partition coefficient (Wildman–Crippen LogP) is 5.10. The van der Waals surface area contributed by atoms with Crippen molar-refractivity contribution in [2.45, 2.75) is 18.1 Å². The summed E-state index contributed by atoms with van der Waals surface area (Å²) >= 11 is 0. The van der Waals surface area contributed by atoms with E-state index in [1.54, 1.807) is 30.3 Å². The van der Waals surface area contributed by atoms with Crippen molar-refractivity contribution in [2.75, 3.05) is 0 Å². The van der Waals surface area contributed by atoms with E-state index in [0.717, 1.165) is 12.1 Å². The number of para-hydroxylation sites is 1. The molecule has 2 aromatic carbocycles. The lowest BCUT2D eigenvalue weighted by Gasteiger charge is -2.26. The van der Waals surface area contributed by atoms with Crippen LogP contribution in [0.5, 0.6) is 11.5 Å². The summed E-state index contributed by atoms with van der Waals surface area (Å²) in [6.45, 7) is 0. The SMILES string of the molecule is Cl.N[C@H](c1cccc(Oc2ccccc2)c1)C(F)(F)C(F)(F)F. The Kier molecular flexibility index (Phi) is 5.96. The van der Waals surface area contributed by atoms with Crippen molar-refractivity contribution in [3.63, 3.8) is 0 Å². The van der Waals surface area contributed by atoms with E-state index in [-0.39, 0.29) is 23.7 Å². The molecular formula is C15H13ClF5NO. The van der Waals surface area contributed by atoms with Crippen molar-refractivity contribution in [1.29, 1.82) is 0 Å². The maximum atomic E-state index is 13.3. The van der Waals surface area contributed by atoms with Gasteiger partial charge in [-0.2, -0.15) is 22.0 Å². The Hall–Kier alpha value is -1.86. The fourth-order valence-corrected chi connectivity index (χ4v) is 1.78.